The standard InChI is InChI=1S/C13H13F3INO/c14-13(15,16)11-8-9(17)4-5-10(11)12(19)18-6-2-1-3-7-18/h4-5,8H,1-3,6-7H2. The second-order valence-electron chi connectivity index (χ2n) is 4.54. The molecule has 2 rings (SSSR count). The molecule has 1 fully saturated rings. The Kier molecular flexibility index (Phi) is 4.37. The van der Waals surface area contributed by atoms with E-state index in [0.29, 0.717) is 16.7 Å². The van der Waals surface area contributed by atoms with Gasteiger partial charge in [0, 0.05) is 16.7 Å². The summed E-state index contributed by atoms with van der Waals surface area (Å²) >= 11 is 1.82. The van der Waals surface area contributed by atoms with Gasteiger partial charge in [-0.25, -0.2) is 0 Å². The molecule has 0 N–H and O–H groups in total. The predicted molar refractivity (Wildman–Crippen MR) is 73.9 cm³/mol. The third-order valence-corrected chi connectivity index (χ3v) is 3.83. The van der Waals surface area contributed by atoms with Gasteiger partial charge in [-0.05, 0) is 60.1 Å². The molecule has 0 atom stereocenters. The predicted octanol–water partition coefficient (Wildman–Crippen LogP) is 3.94. The molecule has 104 valence electrons. The normalized spacial score (nSPS) is 16.5. The lowest BCUT2D eigenvalue weighted by molar-refractivity contribution is -0.138. The molecule has 0 aliphatic carbocycles. The minimum Gasteiger partial charge on any atom is -0.339 e. The minimum absolute atomic E-state index is 0.241. The van der Waals surface area contributed by atoms with Crippen LogP contribution in [0.25, 0.3) is 0 Å². The summed E-state index contributed by atoms with van der Waals surface area (Å²) in [6.45, 7) is 1.09. The number of rotatable bonds is 1. The van der Waals surface area contributed by atoms with Gasteiger partial charge in [0.15, 0.2) is 0 Å². The molecule has 1 aliphatic heterocycles. The summed E-state index contributed by atoms with van der Waals surface area (Å²) in [5.41, 5.74) is -1.08. The van der Waals surface area contributed by atoms with Crippen LogP contribution in [0.15, 0.2) is 18.2 Å². The summed E-state index contributed by atoms with van der Waals surface area (Å²) in [4.78, 5) is 13.7. The van der Waals surface area contributed by atoms with Crippen LogP contribution in [0.2, 0.25) is 0 Å². The molecule has 1 aromatic rings. The van der Waals surface area contributed by atoms with Crippen molar-refractivity contribution in [1.29, 1.82) is 0 Å². The number of amides is 1. The van der Waals surface area contributed by atoms with Crippen LogP contribution in [0, 0.1) is 3.57 Å². The number of hydrogen-bond donors (Lipinski definition) is 0. The summed E-state index contributed by atoms with van der Waals surface area (Å²) in [5.74, 6) is -0.511. The van der Waals surface area contributed by atoms with Gasteiger partial charge in [0.1, 0.15) is 0 Å². The SMILES string of the molecule is O=C(c1ccc(I)cc1C(F)(F)F)N1CCCCC1. The van der Waals surface area contributed by atoms with Crippen LogP contribution in [0.3, 0.4) is 0 Å². The van der Waals surface area contributed by atoms with E-state index in [1.807, 2.05) is 22.6 Å². The van der Waals surface area contributed by atoms with E-state index in [9.17, 15) is 18.0 Å². The second-order valence-corrected chi connectivity index (χ2v) is 5.79. The zero-order valence-electron chi connectivity index (χ0n) is 10.1. The smallest absolute Gasteiger partial charge is 0.339 e. The molecular weight excluding hydrogens is 370 g/mol. The first kappa shape index (κ1) is 14.6. The largest absolute Gasteiger partial charge is 0.417 e. The van der Waals surface area contributed by atoms with Gasteiger partial charge in [-0.15, -0.1) is 0 Å². The van der Waals surface area contributed by atoms with Gasteiger partial charge in [-0.1, -0.05) is 0 Å². The average Bonchev–Trinajstić information content (AvgIpc) is 2.38. The van der Waals surface area contributed by atoms with Gasteiger partial charge in [0.25, 0.3) is 5.91 Å². The van der Waals surface area contributed by atoms with Crippen molar-refractivity contribution in [3.63, 3.8) is 0 Å². The summed E-state index contributed by atoms with van der Waals surface area (Å²) in [6, 6.07) is 3.84. The van der Waals surface area contributed by atoms with Gasteiger partial charge < -0.3 is 4.90 Å². The average molecular weight is 383 g/mol. The number of likely N-dealkylation sites (tertiary alicyclic amines) is 1. The number of halogens is 4. The Morgan fingerprint density at radius 3 is 2.37 bits per heavy atom. The van der Waals surface area contributed by atoms with E-state index in [-0.39, 0.29) is 5.56 Å². The molecule has 2 nitrogen and oxygen atoms in total. The first-order valence-corrected chi connectivity index (χ1v) is 7.13. The highest BCUT2D eigenvalue weighted by Crippen LogP contribution is 2.33. The van der Waals surface area contributed by atoms with Gasteiger partial charge >= 0.3 is 6.18 Å². The first-order valence-electron chi connectivity index (χ1n) is 6.05. The number of benzene rings is 1. The van der Waals surface area contributed by atoms with E-state index in [4.69, 9.17) is 0 Å². The highest BCUT2D eigenvalue weighted by Gasteiger charge is 2.36. The zero-order chi connectivity index (χ0) is 14.0. The van der Waals surface area contributed by atoms with Crippen molar-refractivity contribution < 1.29 is 18.0 Å². The van der Waals surface area contributed by atoms with Gasteiger partial charge in [-0.3, -0.25) is 4.79 Å². The quantitative estimate of drug-likeness (QED) is 0.673. The number of hydrogen-bond acceptors (Lipinski definition) is 1. The van der Waals surface area contributed by atoms with Crippen LogP contribution in [0.4, 0.5) is 13.2 Å². The monoisotopic (exact) mass is 383 g/mol. The summed E-state index contributed by atoms with van der Waals surface area (Å²) in [7, 11) is 0. The van der Waals surface area contributed by atoms with Gasteiger partial charge in [-0.2, -0.15) is 13.2 Å². The van der Waals surface area contributed by atoms with Crippen molar-refractivity contribution >= 4 is 28.5 Å². The van der Waals surface area contributed by atoms with E-state index >= 15 is 0 Å². The zero-order valence-corrected chi connectivity index (χ0v) is 12.3. The van der Waals surface area contributed by atoms with Crippen LogP contribution in [-0.2, 0) is 6.18 Å². The fourth-order valence-electron chi connectivity index (χ4n) is 2.20. The Balaban J connectivity index is 2.35. The van der Waals surface area contributed by atoms with Crippen molar-refractivity contribution in [2.24, 2.45) is 0 Å². The summed E-state index contributed by atoms with van der Waals surface area (Å²) < 4.78 is 39.4. The molecule has 1 aliphatic rings. The van der Waals surface area contributed by atoms with Crippen molar-refractivity contribution in [3.05, 3.63) is 32.9 Å². The topological polar surface area (TPSA) is 20.3 Å². The minimum atomic E-state index is -4.50. The molecule has 0 spiro atoms. The maximum atomic E-state index is 13.0. The molecule has 0 saturated carbocycles. The second kappa shape index (κ2) is 5.68. The number of carbonyl (C=O) groups excluding carboxylic acids is 1. The molecule has 0 aromatic heterocycles. The van der Waals surface area contributed by atoms with Gasteiger partial charge in [0.2, 0.25) is 0 Å². The van der Waals surface area contributed by atoms with Crippen LogP contribution in [-0.4, -0.2) is 23.9 Å². The Bertz CT molecular complexity index is 481. The number of alkyl halides is 3. The van der Waals surface area contributed by atoms with E-state index in [0.717, 1.165) is 25.3 Å². The lowest BCUT2D eigenvalue weighted by Gasteiger charge is -2.27. The van der Waals surface area contributed by atoms with Crippen molar-refractivity contribution in [2.45, 2.75) is 25.4 Å². The number of nitrogens with zero attached hydrogens (tertiary/aromatic N) is 1. The molecule has 0 unspecified atom stereocenters. The van der Waals surface area contributed by atoms with Crippen molar-refractivity contribution in [2.75, 3.05) is 13.1 Å². The maximum Gasteiger partial charge on any atom is 0.417 e. The van der Waals surface area contributed by atoms with Crippen molar-refractivity contribution in [1.82, 2.24) is 4.90 Å². The van der Waals surface area contributed by atoms with E-state index in [2.05, 4.69) is 0 Å². The molecule has 19 heavy (non-hydrogen) atoms. The maximum absolute atomic E-state index is 13.0. The third kappa shape index (κ3) is 3.40. The molecule has 0 radical (unpaired) electrons. The fraction of sp³-hybridized carbons (Fsp3) is 0.462. The molecule has 1 aromatic carbocycles. The molecule has 1 heterocycles. The lowest BCUT2D eigenvalue weighted by Crippen LogP contribution is -2.36. The molecule has 1 amide bonds. The Labute approximate surface area is 123 Å². The van der Waals surface area contributed by atoms with Crippen LogP contribution < -0.4 is 0 Å². The lowest BCUT2D eigenvalue weighted by atomic mass is 10.0. The number of carbonyl (C=O) groups is 1. The highest BCUT2D eigenvalue weighted by atomic mass is 127. The Hall–Kier alpha value is -0.790. The van der Waals surface area contributed by atoms with Gasteiger partial charge in [0.05, 0.1) is 11.1 Å². The highest BCUT2D eigenvalue weighted by molar-refractivity contribution is 14.1. The summed E-state index contributed by atoms with van der Waals surface area (Å²) in [6.07, 6.45) is -1.75. The summed E-state index contributed by atoms with van der Waals surface area (Å²) in [5, 5.41) is 0. The molecule has 6 heteroatoms. The first-order chi connectivity index (χ1) is 8.89. The van der Waals surface area contributed by atoms with Crippen molar-refractivity contribution in [3.8, 4) is 0 Å². The van der Waals surface area contributed by atoms with Crippen LogP contribution in [0.1, 0.15) is 35.2 Å². The molecule has 1 saturated heterocycles. The van der Waals surface area contributed by atoms with Crippen LogP contribution >= 0.6 is 22.6 Å². The fourth-order valence-corrected chi connectivity index (χ4v) is 2.70. The Morgan fingerprint density at radius 2 is 1.79 bits per heavy atom. The van der Waals surface area contributed by atoms with E-state index in [1.165, 1.54) is 17.0 Å². The van der Waals surface area contributed by atoms with Crippen LogP contribution in [0.5, 0.6) is 0 Å². The van der Waals surface area contributed by atoms with E-state index in [1.54, 1.807) is 0 Å². The molecule has 0 bridgehead atoms. The number of piperidine rings is 1. The molecular formula is C13H13F3INO. The Morgan fingerprint density at radius 1 is 1.16 bits per heavy atom. The third-order valence-electron chi connectivity index (χ3n) is 3.16. The van der Waals surface area contributed by atoms with E-state index < -0.39 is 17.6 Å².